The van der Waals surface area contributed by atoms with E-state index in [1.807, 2.05) is 0 Å². The molecule has 2 N–H and O–H groups in total. The third-order valence-electron chi connectivity index (χ3n) is 2.29. The highest BCUT2D eigenvalue weighted by Gasteiger charge is 2.13. The monoisotopic (exact) mass is 259 g/mol. The Hall–Kier alpha value is -1.53. The van der Waals surface area contributed by atoms with E-state index in [4.69, 9.17) is 0 Å². The first kappa shape index (κ1) is 14.5. The van der Waals surface area contributed by atoms with Crippen molar-refractivity contribution in [2.75, 3.05) is 20.3 Å². The first-order chi connectivity index (χ1) is 8.54. The average molecular weight is 259 g/mol. The van der Waals surface area contributed by atoms with Crippen LogP contribution in [0.1, 0.15) is 5.56 Å². The molecule has 0 saturated carbocycles. The van der Waals surface area contributed by atoms with Crippen molar-refractivity contribution in [3.8, 4) is 0 Å². The molecule has 1 aromatic rings. The number of methoxy groups -OCH3 is 1. The predicted molar refractivity (Wildman–Crippen MR) is 61.0 cm³/mol. The molecule has 4 nitrogen and oxygen atoms in total. The van der Waals surface area contributed by atoms with Gasteiger partial charge in [-0.3, -0.25) is 4.79 Å². The van der Waals surface area contributed by atoms with Gasteiger partial charge in [-0.1, -0.05) is 6.07 Å². The van der Waals surface area contributed by atoms with Crippen LogP contribution in [0, 0.1) is 11.6 Å². The second kappa shape index (κ2) is 7.03. The summed E-state index contributed by atoms with van der Waals surface area (Å²) in [5, 5.41) is 11.7. The van der Waals surface area contributed by atoms with Crippen molar-refractivity contribution in [3.63, 3.8) is 0 Å². The SMILES string of the molecule is COCC(O)CNC(=O)Cc1c(F)cccc1F. The second-order valence-electron chi connectivity index (χ2n) is 3.79. The summed E-state index contributed by atoms with van der Waals surface area (Å²) in [5.41, 5.74) is -0.281. The van der Waals surface area contributed by atoms with Crippen LogP contribution >= 0.6 is 0 Å². The van der Waals surface area contributed by atoms with Crippen molar-refractivity contribution in [2.24, 2.45) is 0 Å². The Morgan fingerprint density at radius 1 is 1.44 bits per heavy atom. The van der Waals surface area contributed by atoms with Gasteiger partial charge in [0.25, 0.3) is 0 Å². The van der Waals surface area contributed by atoms with Crippen molar-refractivity contribution < 1.29 is 23.4 Å². The topological polar surface area (TPSA) is 58.6 Å². The van der Waals surface area contributed by atoms with E-state index < -0.39 is 30.1 Å². The minimum atomic E-state index is -0.843. The molecule has 1 amide bonds. The quantitative estimate of drug-likeness (QED) is 0.788. The molecule has 0 aliphatic rings. The molecule has 0 radical (unpaired) electrons. The summed E-state index contributed by atoms with van der Waals surface area (Å²) in [7, 11) is 1.42. The van der Waals surface area contributed by atoms with Crippen molar-refractivity contribution in [2.45, 2.75) is 12.5 Å². The van der Waals surface area contributed by atoms with Crippen LogP contribution in [0.5, 0.6) is 0 Å². The van der Waals surface area contributed by atoms with Gasteiger partial charge in [0, 0.05) is 19.2 Å². The van der Waals surface area contributed by atoms with E-state index in [0.29, 0.717) is 0 Å². The highest BCUT2D eigenvalue weighted by Crippen LogP contribution is 2.12. The van der Waals surface area contributed by atoms with E-state index >= 15 is 0 Å². The van der Waals surface area contributed by atoms with Crippen LogP contribution in [0.3, 0.4) is 0 Å². The number of hydrogen-bond donors (Lipinski definition) is 2. The zero-order chi connectivity index (χ0) is 13.5. The Balaban J connectivity index is 2.50. The summed E-state index contributed by atoms with van der Waals surface area (Å²) in [4.78, 5) is 11.4. The van der Waals surface area contributed by atoms with Gasteiger partial charge in [0.1, 0.15) is 11.6 Å². The molecule has 1 unspecified atom stereocenters. The van der Waals surface area contributed by atoms with Crippen molar-refractivity contribution in [1.29, 1.82) is 0 Å². The lowest BCUT2D eigenvalue weighted by Crippen LogP contribution is -2.35. The van der Waals surface area contributed by atoms with Crippen molar-refractivity contribution >= 4 is 5.91 Å². The molecule has 0 spiro atoms. The Morgan fingerprint density at radius 3 is 2.61 bits per heavy atom. The number of ether oxygens (including phenoxy) is 1. The van der Waals surface area contributed by atoms with Gasteiger partial charge in [-0.05, 0) is 12.1 Å². The summed E-state index contributed by atoms with van der Waals surface area (Å²) < 4.78 is 31.2. The van der Waals surface area contributed by atoms with Gasteiger partial charge in [0.2, 0.25) is 5.91 Å². The largest absolute Gasteiger partial charge is 0.389 e. The van der Waals surface area contributed by atoms with Crippen LogP contribution in [-0.4, -0.2) is 37.4 Å². The molecule has 18 heavy (non-hydrogen) atoms. The van der Waals surface area contributed by atoms with Crippen molar-refractivity contribution in [3.05, 3.63) is 35.4 Å². The highest BCUT2D eigenvalue weighted by molar-refractivity contribution is 5.78. The van der Waals surface area contributed by atoms with Crippen molar-refractivity contribution in [1.82, 2.24) is 5.32 Å². The lowest BCUT2D eigenvalue weighted by atomic mass is 10.1. The molecule has 100 valence electrons. The summed E-state index contributed by atoms with van der Waals surface area (Å²) in [6.45, 7) is 0.0527. The predicted octanol–water partition coefficient (Wildman–Crippen LogP) is 0.631. The average Bonchev–Trinajstić information content (AvgIpc) is 2.32. The molecule has 1 aromatic carbocycles. The fourth-order valence-electron chi connectivity index (χ4n) is 1.41. The van der Waals surface area contributed by atoms with Gasteiger partial charge < -0.3 is 15.2 Å². The Kier molecular flexibility index (Phi) is 5.67. The lowest BCUT2D eigenvalue weighted by Gasteiger charge is -2.11. The number of aliphatic hydroxyl groups is 1. The number of carbonyl (C=O) groups excluding carboxylic acids is 1. The molecule has 0 saturated heterocycles. The van der Waals surface area contributed by atoms with Gasteiger partial charge in [0.05, 0.1) is 19.1 Å². The van der Waals surface area contributed by atoms with Crippen LogP contribution in [0.15, 0.2) is 18.2 Å². The van der Waals surface area contributed by atoms with Crippen LogP contribution in [0.2, 0.25) is 0 Å². The number of carbonyl (C=O) groups is 1. The standard InChI is InChI=1S/C12H15F2NO3/c1-18-7-8(16)6-15-12(17)5-9-10(13)3-2-4-11(9)14/h2-4,8,16H,5-7H2,1H3,(H,15,17). The number of aliphatic hydroxyl groups excluding tert-OH is 1. The summed E-state index contributed by atoms with van der Waals surface area (Å²) in [6.07, 6.45) is -1.25. The summed E-state index contributed by atoms with van der Waals surface area (Å²) in [6, 6.07) is 3.41. The molecule has 0 bridgehead atoms. The second-order valence-corrected chi connectivity index (χ2v) is 3.79. The van der Waals surface area contributed by atoms with Gasteiger partial charge in [-0.2, -0.15) is 0 Å². The smallest absolute Gasteiger partial charge is 0.224 e. The minimum Gasteiger partial charge on any atom is -0.389 e. The third-order valence-corrected chi connectivity index (χ3v) is 2.29. The Morgan fingerprint density at radius 2 is 2.06 bits per heavy atom. The fourth-order valence-corrected chi connectivity index (χ4v) is 1.41. The zero-order valence-electron chi connectivity index (χ0n) is 9.95. The van der Waals surface area contributed by atoms with E-state index in [-0.39, 0.29) is 18.7 Å². The molecule has 0 aliphatic carbocycles. The molecule has 1 atom stereocenters. The van der Waals surface area contributed by atoms with E-state index in [2.05, 4.69) is 10.1 Å². The Bertz CT molecular complexity index is 392. The molecule has 6 heteroatoms. The van der Waals surface area contributed by atoms with Gasteiger partial charge in [-0.25, -0.2) is 8.78 Å². The fraction of sp³-hybridized carbons (Fsp3) is 0.417. The summed E-state index contributed by atoms with van der Waals surface area (Å²) in [5.74, 6) is -2.08. The zero-order valence-corrected chi connectivity index (χ0v) is 9.95. The third kappa shape index (κ3) is 4.38. The van der Waals surface area contributed by atoms with Crippen LogP contribution in [0.25, 0.3) is 0 Å². The maximum atomic E-state index is 13.2. The minimum absolute atomic E-state index is 0.0251. The number of rotatable bonds is 6. The van der Waals surface area contributed by atoms with Crippen LogP contribution < -0.4 is 5.32 Å². The van der Waals surface area contributed by atoms with Gasteiger partial charge in [0.15, 0.2) is 0 Å². The molecule has 0 heterocycles. The highest BCUT2D eigenvalue weighted by atomic mass is 19.1. The number of nitrogens with one attached hydrogen (secondary N) is 1. The number of amides is 1. The number of hydrogen-bond acceptors (Lipinski definition) is 3. The molecule has 1 rings (SSSR count). The maximum Gasteiger partial charge on any atom is 0.224 e. The lowest BCUT2D eigenvalue weighted by molar-refractivity contribution is -0.121. The molecule has 0 fully saturated rings. The normalized spacial score (nSPS) is 12.2. The number of benzene rings is 1. The molecular formula is C12H15F2NO3. The Labute approximate surface area is 104 Å². The first-order valence-corrected chi connectivity index (χ1v) is 5.41. The van der Waals surface area contributed by atoms with E-state index in [1.54, 1.807) is 0 Å². The van der Waals surface area contributed by atoms with E-state index in [9.17, 15) is 18.7 Å². The molecule has 0 aliphatic heterocycles. The van der Waals surface area contributed by atoms with Crippen LogP contribution in [-0.2, 0) is 16.0 Å². The molecular weight excluding hydrogens is 244 g/mol. The molecule has 0 aromatic heterocycles. The summed E-state index contributed by atoms with van der Waals surface area (Å²) >= 11 is 0. The maximum absolute atomic E-state index is 13.2. The van der Waals surface area contributed by atoms with E-state index in [1.165, 1.54) is 13.2 Å². The first-order valence-electron chi connectivity index (χ1n) is 5.41. The van der Waals surface area contributed by atoms with Gasteiger partial charge >= 0.3 is 0 Å². The van der Waals surface area contributed by atoms with Crippen LogP contribution in [0.4, 0.5) is 8.78 Å². The number of halogens is 2. The van der Waals surface area contributed by atoms with E-state index in [0.717, 1.165) is 12.1 Å². The van der Waals surface area contributed by atoms with Gasteiger partial charge in [-0.15, -0.1) is 0 Å².